The number of hydrogen-bond donors (Lipinski definition) is 2. The first-order valence-corrected chi connectivity index (χ1v) is 17.8. The summed E-state index contributed by atoms with van der Waals surface area (Å²) in [6.07, 6.45) is 2.37. The predicted octanol–water partition coefficient (Wildman–Crippen LogP) is 6.86. The molecule has 0 aliphatic carbocycles. The Morgan fingerprint density at radius 1 is 1.18 bits per heavy atom. The van der Waals surface area contributed by atoms with Crippen LogP contribution in [0.5, 0.6) is 5.75 Å². The second kappa shape index (κ2) is 13.5. The lowest BCUT2D eigenvalue weighted by molar-refractivity contribution is 0.0384. The van der Waals surface area contributed by atoms with Crippen molar-refractivity contribution in [2.75, 3.05) is 55.5 Å². The fraction of sp³-hybridized carbons (Fsp3) is 0.290. The van der Waals surface area contributed by atoms with Crippen LogP contribution >= 0.6 is 56.5 Å². The van der Waals surface area contributed by atoms with Gasteiger partial charge in [0.15, 0.2) is 0 Å². The van der Waals surface area contributed by atoms with Crippen LogP contribution < -0.4 is 20.3 Å². The Labute approximate surface area is 286 Å². The molecule has 1 saturated heterocycles. The van der Waals surface area contributed by atoms with E-state index >= 15 is 0 Å². The number of aromatic nitrogens is 1. The molecule has 1 fully saturated rings. The molecule has 2 N–H and O–H groups in total. The summed E-state index contributed by atoms with van der Waals surface area (Å²) in [6, 6.07) is 13.4. The lowest BCUT2D eigenvalue weighted by atomic mass is 10.0. The number of urea groups is 1. The maximum absolute atomic E-state index is 13.8. The average Bonchev–Trinajstić information content (AvgIpc) is 3.43. The van der Waals surface area contributed by atoms with Crippen LogP contribution in [-0.2, 0) is 20.0 Å². The number of halogens is 2. The number of thiophene rings is 1. The van der Waals surface area contributed by atoms with E-state index in [1.54, 1.807) is 7.11 Å². The van der Waals surface area contributed by atoms with Crippen LogP contribution in [0.1, 0.15) is 31.9 Å². The van der Waals surface area contributed by atoms with Gasteiger partial charge in [0, 0.05) is 52.0 Å². The first kappa shape index (κ1) is 31.0. The van der Waals surface area contributed by atoms with Crippen LogP contribution in [0.15, 0.2) is 42.6 Å². The molecule has 0 bridgehead atoms. The van der Waals surface area contributed by atoms with Crippen LogP contribution in [-0.4, -0.2) is 61.8 Å². The number of carbonyl (C=O) groups excluding carboxylic acids is 2. The molecule has 10 nitrogen and oxygen atoms in total. The van der Waals surface area contributed by atoms with Gasteiger partial charge < -0.3 is 20.1 Å². The lowest BCUT2D eigenvalue weighted by Crippen LogP contribution is -2.37. The van der Waals surface area contributed by atoms with Gasteiger partial charge in [-0.15, -0.1) is 11.3 Å². The van der Waals surface area contributed by atoms with Gasteiger partial charge in [-0.2, -0.15) is 5.26 Å². The number of rotatable bonds is 9. The Morgan fingerprint density at radius 2 is 1.93 bits per heavy atom. The number of methoxy groups -OCH3 is 1. The van der Waals surface area contributed by atoms with Crippen LogP contribution in [0, 0.1) is 11.3 Å². The minimum atomic E-state index is -0.464. The normalized spacial score (nSPS) is 14.8. The number of amides is 3. The van der Waals surface area contributed by atoms with Gasteiger partial charge in [0.25, 0.3) is 5.91 Å². The van der Waals surface area contributed by atoms with Gasteiger partial charge in [0.1, 0.15) is 21.5 Å². The van der Waals surface area contributed by atoms with E-state index < -0.39 is 6.03 Å². The van der Waals surface area contributed by atoms with Crippen molar-refractivity contribution in [2.45, 2.75) is 15.3 Å². The molecule has 0 radical (unpaired) electrons. The minimum absolute atomic E-state index is 0.238. The van der Waals surface area contributed by atoms with Crippen molar-refractivity contribution in [3.63, 3.8) is 0 Å². The molecular weight excluding hydrogens is 806 g/mol. The molecule has 0 atom stereocenters. The van der Waals surface area contributed by atoms with Gasteiger partial charge in [0.05, 0.1) is 48.3 Å². The van der Waals surface area contributed by atoms with Crippen molar-refractivity contribution in [2.24, 2.45) is 0 Å². The maximum Gasteiger partial charge on any atom is 0.331 e. The number of benzene rings is 2. The number of morpholine rings is 1. The van der Waals surface area contributed by atoms with Crippen LogP contribution in [0.25, 0.3) is 10.2 Å². The molecule has 4 aromatic rings. The van der Waals surface area contributed by atoms with Gasteiger partial charge >= 0.3 is 6.03 Å². The summed E-state index contributed by atoms with van der Waals surface area (Å²) in [5.74, 6) is 0.297. The first-order valence-electron chi connectivity index (χ1n) is 13.9. The van der Waals surface area contributed by atoms with Crippen LogP contribution in [0.4, 0.5) is 27.5 Å². The predicted molar refractivity (Wildman–Crippen MR) is 189 cm³/mol. The highest BCUT2D eigenvalue weighted by molar-refractivity contribution is 14.1. The second-order valence-electron chi connectivity index (χ2n) is 10.3. The zero-order chi connectivity index (χ0) is 30.8. The van der Waals surface area contributed by atoms with Gasteiger partial charge in [0.2, 0.25) is 0 Å². The molecule has 226 valence electrons. The van der Waals surface area contributed by atoms with Gasteiger partial charge in [-0.05, 0) is 35.7 Å². The van der Waals surface area contributed by atoms with Gasteiger partial charge in [-0.1, -0.05) is 57.3 Å². The van der Waals surface area contributed by atoms with E-state index in [0.717, 1.165) is 54.8 Å². The van der Waals surface area contributed by atoms with Crippen LogP contribution in [0.2, 0.25) is 0 Å². The zero-order valence-electron chi connectivity index (χ0n) is 23.8. The number of nitriles is 1. The van der Waals surface area contributed by atoms with Crippen molar-refractivity contribution in [1.82, 2.24) is 9.88 Å². The molecule has 0 spiro atoms. The summed E-state index contributed by atoms with van der Waals surface area (Å²) >= 11 is 5.73. The molecule has 6 rings (SSSR count). The van der Waals surface area contributed by atoms with Gasteiger partial charge in [-0.3, -0.25) is 14.6 Å². The molecule has 2 aromatic heterocycles. The van der Waals surface area contributed by atoms with Gasteiger partial charge in [-0.25, -0.2) is 9.78 Å². The highest BCUT2D eigenvalue weighted by Crippen LogP contribution is 2.49. The molecular formula is C31H28I2N6O4S. The molecule has 0 saturated carbocycles. The number of hydrogen-bond acceptors (Lipinski definition) is 8. The summed E-state index contributed by atoms with van der Waals surface area (Å²) in [5.41, 5.74) is 5.40. The Balaban J connectivity index is 1.32. The van der Waals surface area contributed by atoms with E-state index in [2.05, 4.69) is 71.8 Å². The van der Waals surface area contributed by atoms with Crippen LogP contribution in [0.3, 0.4) is 0 Å². The highest BCUT2D eigenvalue weighted by Gasteiger charge is 2.36. The fourth-order valence-electron chi connectivity index (χ4n) is 5.47. The van der Waals surface area contributed by atoms with Crippen molar-refractivity contribution < 1.29 is 19.1 Å². The number of anilines is 4. The Morgan fingerprint density at radius 3 is 2.61 bits per heavy atom. The second-order valence-corrected chi connectivity index (χ2v) is 12.8. The minimum Gasteiger partial charge on any atom is -0.496 e. The van der Waals surface area contributed by atoms with E-state index in [9.17, 15) is 14.9 Å². The number of alkyl halides is 2. The summed E-state index contributed by atoms with van der Waals surface area (Å²) in [4.78, 5) is 36.7. The first-order chi connectivity index (χ1) is 21.4. The quantitative estimate of drug-likeness (QED) is 0.140. The third-order valence-electron chi connectivity index (χ3n) is 7.72. The number of nitrogens with zero attached hydrogens (tertiary/aromatic N) is 4. The molecule has 0 unspecified atom stereocenters. The number of pyridine rings is 1. The maximum atomic E-state index is 13.8. The summed E-state index contributed by atoms with van der Waals surface area (Å²) in [6.45, 7) is 4.41. The highest BCUT2D eigenvalue weighted by atomic mass is 127. The smallest absolute Gasteiger partial charge is 0.331 e. The molecule has 2 aliphatic rings. The molecule has 44 heavy (non-hydrogen) atoms. The van der Waals surface area contributed by atoms with Crippen molar-refractivity contribution in [3.05, 3.63) is 69.7 Å². The Bertz CT molecular complexity index is 1780. The van der Waals surface area contributed by atoms with E-state index in [1.807, 2.05) is 36.4 Å². The van der Waals surface area contributed by atoms with E-state index in [-0.39, 0.29) is 11.5 Å². The van der Waals surface area contributed by atoms with Crippen molar-refractivity contribution in [3.8, 4) is 11.8 Å². The molecule has 13 heteroatoms. The topological polar surface area (TPSA) is 120 Å². The van der Waals surface area contributed by atoms with E-state index in [4.69, 9.17) is 9.47 Å². The standard InChI is InChI=1S/C31H28I2N6O4S/c1-42-24-13-23(19(14-32)12-20(24)15-33)39-27-21(16-34)17-35-30-25(27)26(37-31(39)41)28(44-30)29(40)36-22-4-2-18(3-5-22)6-7-38-8-10-43-11-9-38/h2-5,12-13,17H,6-11,14-15H2,1H3,(H,36,40)(H,37,41). The van der Waals surface area contributed by atoms with E-state index in [0.29, 0.717) is 48.0 Å². The summed E-state index contributed by atoms with van der Waals surface area (Å²) < 4.78 is 12.4. The average molecular weight is 834 g/mol. The Kier molecular flexibility index (Phi) is 9.52. The zero-order valence-corrected chi connectivity index (χ0v) is 28.9. The molecule has 2 aromatic carbocycles. The Hall–Kier alpha value is -3.04. The monoisotopic (exact) mass is 834 g/mol. The third kappa shape index (κ3) is 5.97. The van der Waals surface area contributed by atoms with Crippen molar-refractivity contribution >= 4 is 101 Å². The molecule has 4 heterocycles. The molecule has 3 amide bonds. The third-order valence-corrected chi connectivity index (χ3v) is 10.5. The summed E-state index contributed by atoms with van der Waals surface area (Å²) in [7, 11) is 1.60. The molecule has 2 aliphatic heterocycles. The largest absolute Gasteiger partial charge is 0.496 e. The number of ether oxygens (including phenoxy) is 2. The van der Waals surface area contributed by atoms with Crippen molar-refractivity contribution in [1.29, 1.82) is 5.26 Å². The summed E-state index contributed by atoms with van der Waals surface area (Å²) in [5, 5.41) is 16.5. The lowest BCUT2D eigenvalue weighted by Gasteiger charge is -2.31. The number of nitrogens with one attached hydrogen (secondary N) is 2. The van der Waals surface area contributed by atoms with E-state index in [1.165, 1.54) is 28.0 Å². The number of carbonyl (C=O) groups is 2. The SMILES string of the molecule is COc1cc(N2C(=O)Nc3c(C(=O)Nc4ccc(CCN5CCOCC5)cc4)sc4ncc(C#N)c2c34)c(CI)cc1CI. The fourth-order valence-corrected chi connectivity index (χ4v) is 7.67.